The topological polar surface area (TPSA) is 35.4 Å². The highest BCUT2D eigenvalue weighted by molar-refractivity contribution is 6.11. The molecule has 4 heterocycles. The lowest BCUT2D eigenvalue weighted by Crippen LogP contribution is -2.36. The van der Waals surface area contributed by atoms with Gasteiger partial charge in [0.15, 0.2) is 0 Å². The molecule has 0 amide bonds. The summed E-state index contributed by atoms with van der Waals surface area (Å²) in [5.74, 6) is 3.47. The fourth-order valence-corrected chi connectivity index (χ4v) is 8.97. The van der Waals surface area contributed by atoms with Gasteiger partial charge in [-0.3, -0.25) is 0 Å². The monoisotopic (exact) mass is 658 g/mol. The normalized spacial score (nSPS) is 18.2. The molecule has 4 aliphatic rings. The van der Waals surface area contributed by atoms with Crippen LogP contribution in [0.4, 0.5) is 0 Å². The van der Waals surface area contributed by atoms with Gasteiger partial charge >= 0.3 is 0 Å². The standard InChI is InChI=1S/C47H34N2O2/c1-2-11-33(12-3-1)49-41-17-7-4-13-34(41)35-27-30(22-25-42(35)49)31-20-23-38-45(28-31)50-43-18-8-5-14-36(43)47(38)37-15-6-9-19-44(37)51-46-29-32(21-24-39(46)47)40-16-10-26-48-40/h1-2,4-9,11,13-25,27-29,48H,3,10,12,26H2. The molecule has 6 aromatic carbocycles. The molecule has 11 rings (SSSR count). The minimum atomic E-state index is -0.623. The Bertz CT molecular complexity index is 2680. The molecule has 4 heteroatoms. The maximum absolute atomic E-state index is 6.87. The fourth-order valence-electron chi connectivity index (χ4n) is 8.97. The number of benzene rings is 6. The highest BCUT2D eigenvalue weighted by Crippen LogP contribution is 2.61. The summed E-state index contributed by atoms with van der Waals surface area (Å²) >= 11 is 0. The van der Waals surface area contributed by atoms with Crippen LogP contribution in [0.2, 0.25) is 0 Å². The van der Waals surface area contributed by atoms with Gasteiger partial charge in [-0.05, 0) is 78.9 Å². The molecule has 0 saturated heterocycles. The molecule has 1 aromatic heterocycles. The van der Waals surface area contributed by atoms with E-state index in [9.17, 15) is 0 Å². The number of hydrogen-bond donors (Lipinski definition) is 1. The predicted octanol–water partition coefficient (Wildman–Crippen LogP) is 11.6. The Hall–Kier alpha value is -6.26. The average molecular weight is 659 g/mol. The van der Waals surface area contributed by atoms with E-state index < -0.39 is 5.41 Å². The zero-order chi connectivity index (χ0) is 33.5. The van der Waals surface area contributed by atoms with E-state index in [0.717, 1.165) is 87.7 Å². The summed E-state index contributed by atoms with van der Waals surface area (Å²) in [7, 11) is 0. The molecule has 1 unspecified atom stereocenters. The quantitative estimate of drug-likeness (QED) is 0.205. The molecule has 7 aromatic rings. The molecule has 0 saturated carbocycles. The Morgan fingerprint density at radius 2 is 1.18 bits per heavy atom. The fraction of sp³-hybridized carbons (Fsp3) is 0.106. The molecule has 0 fully saturated rings. The summed E-state index contributed by atoms with van der Waals surface area (Å²) < 4.78 is 16.1. The number of ether oxygens (including phenoxy) is 2. The van der Waals surface area contributed by atoms with Crippen molar-refractivity contribution in [3.05, 3.63) is 180 Å². The Labute approximate surface area is 296 Å². The average Bonchev–Trinajstić information content (AvgIpc) is 3.85. The SMILES string of the molecule is C1=CCCC(n2c3ccccc3c3cc(-c4ccc5c(c4)Oc4ccccc4C54c5ccccc5Oc5cc(C6=CCCN6)ccc54)ccc32)=C1. The second-order valence-electron chi connectivity index (χ2n) is 13.9. The molecule has 1 spiro atoms. The Balaban J connectivity index is 1.12. The lowest BCUT2D eigenvalue weighted by atomic mass is 9.62. The van der Waals surface area contributed by atoms with Gasteiger partial charge in [0, 0.05) is 56.5 Å². The number of aromatic nitrogens is 1. The number of para-hydroxylation sites is 3. The second-order valence-corrected chi connectivity index (χ2v) is 13.9. The zero-order valence-electron chi connectivity index (χ0n) is 28.0. The van der Waals surface area contributed by atoms with E-state index in [1.165, 1.54) is 33.2 Å². The first kappa shape index (κ1) is 28.6. The molecule has 51 heavy (non-hydrogen) atoms. The molecular formula is C47H34N2O2. The van der Waals surface area contributed by atoms with Crippen molar-refractivity contribution in [1.29, 1.82) is 0 Å². The Kier molecular flexibility index (Phi) is 6.09. The van der Waals surface area contributed by atoms with Gasteiger partial charge in [-0.15, -0.1) is 0 Å². The third-order valence-corrected chi connectivity index (χ3v) is 11.2. The summed E-state index contributed by atoms with van der Waals surface area (Å²) in [6.07, 6.45) is 12.1. The molecule has 1 aliphatic carbocycles. The van der Waals surface area contributed by atoms with Crippen molar-refractivity contribution in [3.63, 3.8) is 0 Å². The summed E-state index contributed by atoms with van der Waals surface area (Å²) in [5, 5.41) is 6.07. The number of nitrogens with one attached hydrogen (secondary N) is 1. The smallest absolute Gasteiger partial charge is 0.132 e. The maximum Gasteiger partial charge on any atom is 0.132 e. The number of hydrogen-bond acceptors (Lipinski definition) is 3. The van der Waals surface area contributed by atoms with Gasteiger partial charge in [-0.1, -0.05) is 103 Å². The van der Waals surface area contributed by atoms with Crippen LogP contribution in [0.1, 0.15) is 47.1 Å². The van der Waals surface area contributed by atoms with Crippen molar-refractivity contribution in [2.24, 2.45) is 0 Å². The first-order valence-electron chi connectivity index (χ1n) is 18.0. The third-order valence-electron chi connectivity index (χ3n) is 11.2. The lowest BCUT2D eigenvalue weighted by molar-refractivity contribution is 0.399. The maximum atomic E-state index is 6.87. The summed E-state index contributed by atoms with van der Waals surface area (Å²) in [5.41, 5.74) is 12.3. The largest absolute Gasteiger partial charge is 0.457 e. The van der Waals surface area contributed by atoms with E-state index in [-0.39, 0.29) is 0 Å². The van der Waals surface area contributed by atoms with Crippen LogP contribution in [0, 0.1) is 0 Å². The first-order chi connectivity index (χ1) is 25.3. The van der Waals surface area contributed by atoms with Gasteiger partial charge in [0.2, 0.25) is 0 Å². The minimum absolute atomic E-state index is 0.623. The van der Waals surface area contributed by atoms with Crippen LogP contribution in [0.25, 0.3) is 44.3 Å². The zero-order valence-corrected chi connectivity index (χ0v) is 28.0. The van der Waals surface area contributed by atoms with Gasteiger partial charge in [-0.25, -0.2) is 0 Å². The van der Waals surface area contributed by atoms with E-state index in [1.54, 1.807) is 0 Å². The van der Waals surface area contributed by atoms with E-state index in [2.05, 4.69) is 162 Å². The number of rotatable bonds is 3. The van der Waals surface area contributed by atoms with Gasteiger partial charge < -0.3 is 19.4 Å². The summed E-state index contributed by atoms with van der Waals surface area (Å²) in [6.45, 7) is 0.963. The predicted molar refractivity (Wildman–Crippen MR) is 207 cm³/mol. The molecular weight excluding hydrogens is 625 g/mol. The summed E-state index contributed by atoms with van der Waals surface area (Å²) in [6, 6.07) is 46.2. The molecule has 1 N–H and O–H groups in total. The van der Waals surface area contributed by atoms with Gasteiger partial charge in [0.1, 0.15) is 23.0 Å². The van der Waals surface area contributed by atoms with Crippen molar-refractivity contribution < 1.29 is 9.47 Å². The molecule has 1 atom stereocenters. The number of fused-ring (bicyclic) bond motifs is 11. The molecule has 3 aliphatic heterocycles. The van der Waals surface area contributed by atoms with Crippen LogP contribution >= 0.6 is 0 Å². The van der Waals surface area contributed by atoms with Crippen LogP contribution in [-0.4, -0.2) is 11.1 Å². The van der Waals surface area contributed by atoms with E-state index >= 15 is 0 Å². The molecule has 0 bridgehead atoms. The van der Waals surface area contributed by atoms with Crippen molar-refractivity contribution in [1.82, 2.24) is 9.88 Å². The van der Waals surface area contributed by atoms with Gasteiger partial charge in [-0.2, -0.15) is 0 Å². The van der Waals surface area contributed by atoms with Crippen LogP contribution in [0.3, 0.4) is 0 Å². The lowest BCUT2D eigenvalue weighted by Gasteiger charge is -2.45. The highest BCUT2D eigenvalue weighted by atomic mass is 16.5. The summed E-state index contributed by atoms with van der Waals surface area (Å²) in [4.78, 5) is 0. The van der Waals surface area contributed by atoms with E-state index in [0.29, 0.717) is 0 Å². The van der Waals surface area contributed by atoms with Crippen molar-refractivity contribution >= 4 is 33.2 Å². The molecule has 244 valence electrons. The van der Waals surface area contributed by atoms with Gasteiger partial charge in [0.25, 0.3) is 0 Å². The minimum Gasteiger partial charge on any atom is -0.457 e. The van der Waals surface area contributed by atoms with Gasteiger partial charge in [0.05, 0.1) is 16.4 Å². The number of allylic oxidation sites excluding steroid dienone is 4. The van der Waals surface area contributed by atoms with E-state index in [4.69, 9.17) is 9.47 Å². The Morgan fingerprint density at radius 1 is 0.549 bits per heavy atom. The molecule has 4 nitrogen and oxygen atoms in total. The van der Waals surface area contributed by atoms with E-state index in [1.807, 2.05) is 0 Å². The van der Waals surface area contributed by atoms with Crippen molar-refractivity contribution in [3.8, 4) is 34.1 Å². The van der Waals surface area contributed by atoms with Crippen LogP contribution in [0.5, 0.6) is 23.0 Å². The van der Waals surface area contributed by atoms with Crippen molar-refractivity contribution in [2.75, 3.05) is 6.54 Å². The Morgan fingerprint density at radius 3 is 1.90 bits per heavy atom. The van der Waals surface area contributed by atoms with Crippen LogP contribution < -0.4 is 14.8 Å². The number of nitrogens with zero attached hydrogens (tertiary/aromatic N) is 1. The highest BCUT2D eigenvalue weighted by Gasteiger charge is 2.50. The third kappa shape index (κ3) is 4.08. The molecule has 0 radical (unpaired) electrons. The van der Waals surface area contributed by atoms with Crippen LogP contribution in [-0.2, 0) is 5.41 Å². The first-order valence-corrected chi connectivity index (χ1v) is 18.0. The van der Waals surface area contributed by atoms with Crippen molar-refractivity contribution in [2.45, 2.75) is 24.7 Å². The van der Waals surface area contributed by atoms with Crippen LogP contribution in [0.15, 0.2) is 152 Å². The second kappa shape index (κ2) is 10.9.